The molecule has 11 nitrogen and oxygen atoms in total. The van der Waals surface area contributed by atoms with Gasteiger partial charge in [-0.3, -0.25) is 20.4 Å². The Morgan fingerprint density at radius 2 is 1.14 bits per heavy atom. The minimum atomic E-state index is -4.93. The van der Waals surface area contributed by atoms with E-state index in [1.807, 2.05) is 0 Å². The number of para-hydroxylation sites is 1. The van der Waals surface area contributed by atoms with E-state index in [4.69, 9.17) is 9.47 Å². The van der Waals surface area contributed by atoms with Gasteiger partial charge in [0.15, 0.2) is 0 Å². The molecule has 44 heavy (non-hydrogen) atoms. The molecule has 2 amide bonds. The number of carboxylic acids is 1. The standard InChI is InChI=1S/C27H18F6N2O9/c28-26(29,30)15-7-3-5-13(11-15)24(41)43-19(22(38)35-34-21(37)17-9-1-2-10-18(17)36)20(23(39)40)44-25(42)14-6-4-8-16(12-14)27(31,32)33/h1-12,19-20,36H,(H,34,37)(H,35,38)(H,39,40)/t19-,20-/m0/s1. The number of ether oxygens (including phenoxy) is 2. The highest BCUT2D eigenvalue weighted by atomic mass is 19.4. The number of amides is 2. The van der Waals surface area contributed by atoms with Gasteiger partial charge in [-0.25, -0.2) is 14.4 Å². The smallest absolute Gasteiger partial charge is 0.416 e. The lowest BCUT2D eigenvalue weighted by atomic mass is 10.1. The Morgan fingerprint density at radius 1 is 0.659 bits per heavy atom. The van der Waals surface area contributed by atoms with Crippen molar-refractivity contribution in [2.45, 2.75) is 24.6 Å². The Hall–Kier alpha value is -5.61. The van der Waals surface area contributed by atoms with Crippen molar-refractivity contribution in [3.8, 4) is 5.75 Å². The number of halogens is 6. The van der Waals surface area contributed by atoms with Gasteiger partial charge in [0.1, 0.15) is 5.75 Å². The number of esters is 2. The van der Waals surface area contributed by atoms with Gasteiger partial charge in [-0.2, -0.15) is 26.3 Å². The summed E-state index contributed by atoms with van der Waals surface area (Å²) in [7, 11) is 0. The van der Waals surface area contributed by atoms with E-state index in [0.717, 1.165) is 36.4 Å². The number of nitrogens with one attached hydrogen (secondary N) is 2. The lowest BCUT2D eigenvalue weighted by molar-refractivity contribution is -0.159. The summed E-state index contributed by atoms with van der Waals surface area (Å²) in [5.41, 5.74) is -1.27. The van der Waals surface area contributed by atoms with Crippen LogP contribution < -0.4 is 10.9 Å². The molecule has 0 aliphatic heterocycles. The number of carbonyl (C=O) groups is 5. The monoisotopic (exact) mass is 628 g/mol. The molecule has 0 radical (unpaired) electrons. The van der Waals surface area contributed by atoms with Crippen LogP contribution in [-0.2, 0) is 31.4 Å². The van der Waals surface area contributed by atoms with Crippen LogP contribution in [0.1, 0.15) is 42.2 Å². The highest BCUT2D eigenvalue weighted by Crippen LogP contribution is 2.31. The van der Waals surface area contributed by atoms with Gasteiger partial charge in [0.05, 0.1) is 27.8 Å². The molecule has 0 saturated carbocycles. The summed E-state index contributed by atoms with van der Waals surface area (Å²) >= 11 is 0. The van der Waals surface area contributed by atoms with Crippen LogP contribution in [0.5, 0.6) is 5.75 Å². The van der Waals surface area contributed by atoms with Crippen LogP contribution in [0.15, 0.2) is 72.8 Å². The third kappa shape index (κ3) is 8.24. The lowest BCUT2D eigenvalue weighted by Gasteiger charge is -2.24. The van der Waals surface area contributed by atoms with Crippen molar-refractivity contribution in [2.24, 2.45) is 0 Å². The maximum absolute atomic E-state index is 13.1. The second-order valence-electron chi connectivity index (χ2n) is 8.61. The van der Waals surface area contributed by atoms with Gasteiger partial charge in [-0.15, -0.1) is 0 Å². The Bertz CT molecular complexity index is 1590. The van der Waals surface area contributed by atoms with Crippen LogP contribution in [-0.4, -0.2) is 52.1 Å². The number of rotatable bonds is 8. The first-order valence-corrected chi connectivity index (χ1v) is 11.9. The number of phenolic OH excluding ortho intramolecular Hbond substituents is 1. The Balaban J connectivity index is 1.93. The molecular weight excluding hydrogens is 610 g/mol. The zero-order valence-corrected chi connectivity index (χ0v) is 21.6. The molecule has 0 aliphatic rings. The topological polar surface area (TPSA) is 168 Å². The van der Waals surface area contributed by atoms with Crippen molar-refractivity contribution in [3.63, 3.8) is 0 Å². The predicted octanol–water partition coefficient (Wildman–Crippen LogP) is 3.73. The highest BCUT2D eigenvalue weighted by Gasteiger charge is 2.42. The normalized spacial score (nSPS) is 12.8. The molecule has 3 aromatic carbocycles. The van der Waals surface area contributed by atoms with E-state index in [-0.39, 0.29) is 0 Å². The third-order valence-corrected chi connectivity index (χ3v) is 5.54. The highest BCUT2D eigenvalue weighted by molar-refractivity contribution is 6.00. The Morgan fingerprint density at radius 3 is 1.59 bits per heavy atom. The van der Waals surface area contributed by atoms with E-state index < -0.39 is 87.8 Å². The van der Waals surface area contributed by atoms with Gasteiger partial charge in [0.2, 0.25) is 12.2 Å². The zero-order valence-electron chi connectivity index (χ0n) is 21.6. The van der Waals surface area contributed by atoms with Gasteiger partial charge in [-0.05, 0) is 48.5 Å². The fourth-order valence-electron chi connectivity index (χ4n) is 3.43. The van der Waals surface area contributed by atoms with Gasteiger partial charge in [0, 0.05) is 0 Å². The first-order valence-electron chi connectivity index (χ1n) is 11.9. The summed E-state index contributed by atoms with van der Waals surface area (Å²) < 4.78 is 88.1. The van der Waals surface area contributed by atoms with Crippen molar-refractivity contribution < 1.29 is 70.0 Å². The van der Waals surface area contributed by atoms with Crippen molar-refractivity contribution in [3.05, 3.63) is 101 Å². The molecule has 0 fully saturated rings. The van der Waals surface area contributed by atoms with Crippen molar-refractivity contribution in [1.82, 2.24) is 10.9 Å². The molecule has 3 aromatic rings. The molecule has 0 aromatic heterocycles. The molecule has 0 unspecified atom stereocenters. The average molecular weight is 628 g/mol. The molecule has 0 spiro atoms. The number of hydrogen-bond donors (Lipinski definition) is 4. The number of carbonyl (C=O) groups excluding carboxylic acids is 4. The molecule has 0 aliphatic carbocycles. The Labute approximate surface area is 242 Å². The van der Waals surface area contributed by atoms with Gasteiger partial charge in [-0.1, -0.05) is 24.3 Å². The van der Waals surface area contributed by atoms with Crippen molar-refractivity contribution in [1.29, 1.82) is 0 Å². The predicted molar refractivity (Wildman–Crippen MR) is 133 cm³/mol. The summed E-state index contributed by atoms with van der Waals surface area (Å²) in [4.78, 5) is 62.7. The number of alkyl halides is 6. The third-order valence-electron chi connectivity index (χ3n) is 5.54. The van der Waals surface area contributed by atoms with E-state index >= 15 is 0 Å². The van der Waals surface area contributed by atoms with E-state index in [1.165, 1.54) is 12.1 Å². The van der Waals surface area contributed by atoms with Crippen molar-refractivity contribution >= 4 is 29.7 Å². The lowest BCUT2D eigenvalue weighted by Crippen LogP contribution is -2.54. The number of benzene rings is 3. The second-order valence-corrected chi connectivity index (χ2v) is 8.61. The van der Waals surface area contributed by atoms with Gasteiger partial charge in [0.25, 0.3) is 11.8 Å². The zero-order chi connectivity index (χ0) is 32.8. The summed E-state index contributed by atoms with van der Waals surface area (Å²) in [5, 5.41) is 19.5. The van der Waals surface area contributed by atoms with Crippen LogP contribution in [0.25, 0.3) is 0 Å². The minimum absolute atomic E-state index is 0.303. The molecule has 17 heteroatoms. The summed E-state index contributed by atoms with van der Waals surface area (Å²) in [5.74, 6) is -9.07. The average Bonchev–Trinajstić information content (AvgIpc) is 2.96. The van der Waals surface area contributed by atoms with Gasteiger partial charge < -0.3 is 19.7 Å². The van der Waals surface area contributed by atoms with Crippen LogP contribution >= 0.6 is 0 Å². The van der Waals surface area contributed by atoms with Crippen LogP contribution in [0.4, 0.5) is 26.3 Å². The van der Waals surface area contributed by atoms with E-state index in [2.05, 4.69) is 0 Å². The minimum Gasteiger partial charge on any atom is -0.507 e. The molecule has 3 rings (SSSR count). The molecule has 232 valence electrons. The van der Waals surface area contributed by atoms with Crippen LogP contribution in [0, 0.1) is 0 Å². The second kappa shape index (κ2) is 13.1. The van der Waals surface area contributed by atoms with E-state index in [1.54, 1.807) is 10.9 Å². The fraction of sp³-hybridized carbons (Fsp3) is 0.148. The maximum Gasteiger partial charge on any atom is 0.416 e. The maximum atomic E-state index is 13.1. The molecule has 0 bridgehead atoms. The number of carboxylic acid groups (broad SMARTS) is 1. The summed E-state index contributed by atoms with van der Waals surface area (Å²) in [6, 6.07) is 9.89. The van der Waals surface area contributed by atoms with Gasteiger partial charge >= 0.3 is 30.3 Å². The van der Waals surface area contributed by atoms with Crippen LogP contribution in [0.2, 0.25) is 0 Å². The van der Waals surface area contributed by atoms with E-state index in [9.17, 15) is 60.5 Å². The quantitative estimate of drug-likeness (QED) is 0.165. The summed E-state index contributed by atoms with van der Waals surface area (Å²) in [6.07, 6.45) is -15.4. The summed E-state index contributed by atoms with van der Waals surface area (Å²) in [6.45, 7) is 0. The Kier molecular flexibility index (Phi) is 9.82. The molecule has 0 heterocycles. The number of phenols is 1. The SMILES string of the molecule is O=C(O[C@H](C(=O)O)[C@H](OC(=O)c1cccc(C(F)(F)F)c1)C(=O)NNC(=O)c1ccccc1O)c1cccc(C(F)(F)F)c1. The molecular formula is C27H18F6N2O9. The molecule has 0 saturated heterocycles. The number of aromatic hydroxyl groups is 1. The molecule has 4 N–H and O–H groups in total. The first-order chi connectivity index (χ1) is 20.5. The van der Waals surface area contributed by atoms with Crippen molar-refractivity contribution in [2.75, 3.05) is 0 Å². The largest absolute Gasteiger partial charge is 0.507 e. The number of aliphatic carboxylic acids is 1. The van der Waals surface area contributed by atoms with Crippen LogP contribution in [0.3, 0.4) is 0 Å². The number of hydrogen-bond acceptors (Lipinski definition) is 8. The fourth-order valence-corrected chi connectivity index (χ4v) is 3.43. The number of hydrazine groups is 1. The molecule has 2 atom stereocenters. The van der Waals surface area contributed by atoms with E-state index in [0.29, 0.717) is 24.3 Å². The first kappa shape index (κ1) is 32.9.